The van der Waals surface area contributed by atoms with Crippen LogP contribution in [0.2, 0.25) is 0 Å². The maximum Gasteiger partial charge on any atom is 0.244 e. The molecule has 3 aromatic carbocycles. The molecule has 6 nitrogen and oxygen atoms in total. The molecule has 0 spiro atoms. The van der Waals surface area contributed by atoms with Crippen molar-refractivity contribution < 1.29 is 27.8 Å². The van der Waals surface area contributed by atoms with E-state index in [-0.39, 0.29) is 18.5 Å². The number of amides is 1. The van der Waals surface area contributed by atoms with Crippen LogP contribution in [0.1, 0.15) is 18.1 Å². The van der Waals surface area contributed by atoms with Gasteiger partial charge in [0.2, 0.25) is 12.7 Å². The molecule has 5 rings (SSSR count). The third kappa shape index (κ3) is 4.20. The molecule has 4 aromatic rings. The molecule has 1 N–H and O–H groups in total. The lowest BCUT2D eigenvalue weighted by molar-refractivity contribution is -0.116. The van der Waals surface area contributed by atoms with Crippen LogP contribution in [0, 0.1) is 5.82 Å². The third-order valence-electron chi connectivity index (χ3n) is 5.73. The van der Waals surface area contributed by atoms with Gasteiger partial charge in [-0.05, 0) is 54.0 Å². The topological polar surface area (TPSA) is 69.9 Å². The van der Waals surface area contributed by atoms with Crippen LogP contribution in [-0.4, -0.2) is 19.8 Å². The molecule has 1 aromatic heterocycles. The maximum atomic E-state index is 13.4. The zero-order valence-electron chi connectivity index (χ0n) is 18.7. The van der Waals surface area contributed by atoms with Crippen molar-refractivity contribution in [3.05, 3.63) is 83.9 Å². The summed E-state index contributed by atoms with van der Waals surface area (Å²) in [5, 5.41) is 3.74. The number of ether oxygens (including phenoxy) is 3. The van der Waals surface area contributed by atoms with Crippen molar-refractivity contribution in [1.82, 2.24) is 5.32 Å². The fourth-order valence-corrected chi connectivity index (χ4v) is 3.95. The predicted molar refractivity (Wildman–Crippen MR) is 126 cm³/mol. The lowest BCUT2D eigenvalue weighted by Crippen LogP contribution is -2.20. The molecule has 0 saturated carbocycles. The summed E-state index contributed by atoms with van der Waals surface area (Å²) < 4.78 is 35.3. The van der Waals surface area contributed by atoms with Crippen molar-refractivity contribution >= 4 is 22.4 Å². The number of methoxy groups -OCH3 is 1. The third-order valence-corrected chi connectivity index (χ3v) is 5.73. The monoisotopic (exact) mass is 459 g/mol. The van der Waals surface area contributed by atoms with Crippen molar-refractivity contribution in [1.29, 1.82) is 0 Å². The van der Waals surface area contributed by atoms with Crippen molar-refractivity contribution in [3.8, 4) is 28.4 Å². The minimum atomic E-state index is -0.301. The van der Waals surface area contributed by atoms with Crippen LogP contribution < -0.4 is 19.5 Å². The smallest absolute Gasteiger partial charge is 0.244 e. The van der Waals surface area contributed by atoms with Crippen molar-refractivity contribution in [3.63, 3.8) is 0 Å². The molecule has 1 aliphatic rings. The average Bonchev–Trinajstić information content (AvgIpc) is 3.48. The number of hydrogen-bond donors (Lipinski definition) is 1. The van der Waals surface area contributed by atoms with E-state index in [0.717, 1.165) is 33.2 Å². The standard InChI is InChI=1S/C27H22FNO5/c1-16(9-27(30)29-13-17-3-8-23-26(10-17)34-15-33-23)20-11-21-22(18-4-6-19(28)7-5-18)14-32-25(21)12-24(20)31-2/h3-12,14H,13,15H2,1-2H3,(H,29,30)/b16-9+. The van der Waals surface area contributed by atoms with Gasteiger partial charge in [-0.1, -0.05) is 18.2 Å². The summed E-state index contributed by atoms with van der Waals surface area (Å²) in [6.45, 7) is 2.41. The molecular formula is C27H22FNO5. The van der Waals surface area contributed by atoms with E-state index in [2.05, 4.69) is 5.32 Å². The number of hydrogen-bond acceptors (Lipinski definition) is 5. The summed E-state index contributed by atoms with van der Waals surface area (Å²) in [4.78, 5) is 12.6. The van der Waals surface area contributed by atoms with E-state index in [4.69, 9.17) is 18.6 Å². The second-order valence-corrected chi connectivity index (χ2v) is 7.94. The van der Waals surface area contributed by atoms with Crippen LogP contribution in [0.3, 0.4) is 0 Å². The molecule has 7 heteroatoms. The fourth-order valence-electron chi connectivity index (χ4n) is 3.95. The molecule has 0 fully saturated rings. The van der Waals surface area contributed by atoms with Gasteiger partial charge >= 0.3 is 0 Å². The number of allylic oxidation sites excluding steroid dienone is 1. The molecule has 34 heavy (non-hydrogen) atoms. The summed E-state index contributed by atoms with van der Waals surface area (Å²) >= 11 is 0. The van der Waals surface area contributed by atoms with Gasteiger partial charge in [0.25, 0.3) is 0 Å². The molecule has 0 bridgehead atoms. The Labute approximate surface area is 195 Å². The molecule has 0 radical (unpaired) electrons. The molecule has 2 heterocycles. The van der Waals surface area contributed by atoms with E-state index in [9.17, 15) is 9.18 Å². The lowest BCUT2D eigenvalue weighted by Gasteiger charge is -2.10. The normalized spacial score (nSPS) is 12.7. The Kier molecular flexibility index (Phi) is 5.67. The quantitative estimate of drug-likeness (QED) is 0.375. The highest BCUT2D eigenvalue weighted by Crippen LogP contribution is 2.37. The van der Waals surface area contributed by atoms with E-state index >= 15 is 0 Å². The zero-order chi connectivity index (χ0) is 23.7. The number of carbonyl (C=O) groups is 1. The molecule has 1 amide bonds. The molecule has 0 aliphatic carbocycles. The summed E-state index contributed by atoms with van der Waals surface area (Å²) in [5.41, 5.74) is 4.70. The van der Waals surface area contributed by atoms with Gasteiger partial charge in [-0.3, -0.25) is 4.79 Å². The fraction of sp³-hybridized carbons (Fsp3) is 0.148. The Balaban J connectivity index is 1.39. The average molecular weight is 459 g/mol. The molecular weight excluding hydrogens is 437 g/mol. The number of benzene rings is 3. The Morgan fingerprint density at radius 1 is 1.09 bits per heavy atom. The van der Waals surface area contributed by atoms with Gasteiger partial charge < -0.3 is 23.9 Å². The Morgan fingerprint density at radius 3 is 2.68 bits per heavy atom. The SMILES string of the molecule is COc1cc2occ(-c3ccc(F)cc3)c2cc1/C(C)=C/C(=O)NCc1ccc2c(c1)OCO2. The summed E-state index contributed by atoms with van der Waals surface area (Å²) in [5.74, 6) is 1.43. The number of furan rings is 1. The van der Waals surface area contributed by atoms with Crippen LogP contribution in [0.5, 0.6) is 17.2 Å². The van der Waals surface area contributed by atoms with Crippen LogP contribution in [-0.2, 0) is 11.3 Å². The van der Waals surface area contributed by atoms with Gasteiger partial charge in [-0.15, -0.1) is 0 Å². The second kappa shape index (κ2) is 8.94. The summed E-state index contributed by atoms with van der Waals surface area (Å²) in [6, 6.07) is 15.5. The molecule has 0 atom stereocenters. The second-order valence-electron chi connectivity index (χ2n) is 7.94. The van der Waals surface area contributed by atoms with Crippen LogP contribution >= 0.6 is 0 Å². The van der Waals surface area contributed by atoms with Crippen LogP contribution in [0.15, 0.2) is 71.4 Å². The zero-order valence-corrected chi connectivity index (χ0v) is 18.7. The first-order valence-corrected chi connectivity index (χ1v) is 10.7. The van der Waals surface area contributed by atoms with Crippen molar-refractivity contribution in [2.45, 2.75) is 13.5 Å². The van der Waals surface area contributed by atoms with Gasteiger partial charge in [-0.2, -0.15) is 0 Å². The predicted octanol–water partition coefficient (Wildman–Crippen LogP) is 5.70. The van der Waals surface area contributed by atoms with E-state index in [1.54, 1.807) is 31.6 Å². The van der Waals surface area contributed by atoms with Gasteiger partial charge in [0.05, 0.1) is 13.4 Å². The van der Waals surface area contributed by atoms with Crippen molar-refractivity contribution in [2.24, 2.45) is 0 Å². The molecule has 172 valence electrons. The number of nitrogens with one attached hydrogen (secondary N) is 1. The number of carbonyl (C=O) groups excluding carboxylic acids is 1. The molecule has 0 unspecified atom stereocenters. The highest BCUT2D eigenvalue weighted by molar-refractivity contribution is 6.00. The van der Waals surface area contributed by atoms with E-state index in [0.29, 0.717) is 29.4 Å². The van der Waals surface area contributed by atoms with Gasteiger partial charge in [0.1, 0.15) is 17.1 Å². The highest BCUT2D eigenvalue weighted by Gasteiger charge is 2.16. The Hall–Kier alpha value is -4.26. The lowest BCUT2D eigenvalue weighted by atomic mass is 9.99. The van der Waals surface area contributed by atoms with E-state index in [1.165, 1.54) is 18.2 Å². The Morgan fingerprint density at radius 2 is 1.88 bits per heavy atom. The van der Waals surface area contributed by atoms with E-state index < -0.39 is 0 Å². The maximum absolute atomic E-state index is 13.4. The number of halogens is 1. The minimum absolute atomic E-state index is 0.207. The molecule has 1 aliphatic heterocycles. The molecule has 0 saturated heterocycles. The van der Waals surface area contributed by atoms with Gasteiger partial charge in [0, 0.05) is 35.2 Å². The van der Waals surface area contributed by atoms with E-state index in [1.807, 2.05) is 31.2 Å². The van der Waals surface area contributed by atoms with Crippen LogP contribution in [0.4, 0.5) is 4.39 Å². The highest BCUT2D eigenvalue weighted by atomic mass is 19.1. The Bertz CT molecular complexity index is 1400. The summed E-state index contributed by atoms with van der Waals surface area (Å²) in [6.07, 6.45) is 3.17. The van der Waals surface area contributed by atoms with Crippen LogP contribution in [0.25, 0.3) is 27.7 Å². The number of rotatable bonds is 6. The first-order chi connectivity index (χ1) is 16.5. The van der Waals surface area contributed by atoms with Crippen molar-refractivity contribution in [2.75, 3.05) is 13.9 Å². The first kappa shape index (κ1) is 21.6. The van der Waals surface area contributed by atoms with Gasteiger partial charge in [-0.25, -0.2) is 4.39 Å². The largest absolute Gasteiger partial charge is 0.496 e. The minimum Gasteiger partial charge on any atom is -0.496 e. The van der Waals surface area contributed by atoms with Gasteiger partial charge in [0.15, 0.2) is 11.5 Å². The number of fused-ring (bicyclic) bond motifs is 2. The summed E-state index contributed by atoms with van der Waals surface area (Å²) in [7, 11) is 1.57. The first-order valence-electron chi connectivity index (χ1n) is 10.7.